The molecule has 2 fully saturated rings. The fraction of sp³-hybridized carbons (Fsp3) is 0.643. The molecule has 3 heterocycles. The van der Waals surface area contributed by atoms with E-state index in [9.17, 15) is 8.42 Å². The Hall–Kier alpha value is -0.770. The fourth-order valence-corrected chi connectivity index (χ4v) is 4.49. The minimum absolute atomic E-state index is 0.443. The van der Waals surface area contributed by atoms with E-state index in [1.54, 1.807) is 16.6 Å². The van der Waals surface area contributed by atoms with E-state index >= 15 is 0 Å². The third-order valence-corrected chi connectivity index (χ3v) is 6.41. The molecule has 128 valence electrons. The number of hydrogen-bond acceptors (Lipinski definition) is 5. The Kier molecular flexibility index (Phi) is 5.50. The van der Waals surface area contributed by atoms with Gasteiger partial charge >= 0.3 is 0 Å². The number of pyridine rings is 1. The molecule has 0 amide bonds. The van der Waals surface area contributed by atoms with E-state index in [2.05, 4.69) is 9.88 Å². The van der Waals surface area contributed by atoms with Crippen LogP contribution >= 0.6 is 11.6 Å². The second-order valence-corrected chi connectivity index (χ2v) is 8.00. The van der Waals surface area contributed by atoms with Crippen molar-refractivity contribution in [2.45, 2.75) is 6.54 Å². The van der Waals surface area contributed by atoms with Gasteiger partial charge in [0, 0.05) is 52.0 Å². The molecule has 7 nitrogen and oxygen atoms in total. The lowest BCUT2D eigenvalue weighted by Gasteiger charge is -2.37. The van der Waals surface area contributed by atoms with Gasteiger partial charge in [0.15, 0.2) is 0 Å². The molecule has 2 aliphatic rings. The molecule has 0 saturated carbocycles. The van der Waals surface area contributed by atoms with Crippen LogP contribution in [0.3, 0.4) is 0 Å². The number of aromatic nitrogens is 1. The maximum atomic E-state index is 12.6. The van der Waals surface area contributed by atoms with E-state index < -0.39 is 10.2 Å². The summed E-state index contributed by atoms with van der Waals surface area (Å²) < 4.78 is 33.5. The first-order valence-corrected chi connectivity index (χ1v) is 9.49. The fourth-order valence-electron chi connectivity index (χ4n) is 2.82. The monoisotopic (exact) mass is 360 g/mol. The number of ether oxygens (including phenoxy) is 1. The molecule has 1 aromatic heterocycles. The highest BCUT2D eigenvalue weighted by atomic mass is 35.5. The minimum atomic E-state index is -3.36. The van der Waals surface area contributed by atoms with Crippen LogP contribution in [0.15, 0.2) is 18.3 Å². The molecule has 0 atom stereocenters. The lowest BCUT2D eigenvalue weighted by atomic mass is 10.2. The van der Waals surface area contributed by atoms with Crippen LogP contribution in [0.5, 0.6) is 0 Å². The van der Waals surface area contributed by atoms with Crippen molar-refractivity contribution in [3.8, 4) is 0 Å². The molecule has 0 spiro atoms. The number of halogens is 1. The quantitative estimate of drug-likeness (QED) is 0.728. The Morgan fingerprint density at radius 3 is 2.30 bits per heavy atom. The van der Waals surface area contributed by atoms with Crippen molar-refractivity contribution in [1.29, 1.82) is 0 Å². The lowest BCUT2D eigenvalue weighted by molar-refractivity contribution is 0.0684. The highest BCUT2D eigenvalue weighted by molar-refractivity contribution is 7.86. The largest absolute Gasteiger partial charge is 0.379 e. The van der Waals surface area contributed by atoms with Gasteiger partial charge < -0.3 is 4.74 Å². The number of piperazine rings is 1. The van der Waals surface area contributed by atoms with Gasteiger partial charge in [0.05, 0.1) is 13.2 Å². The summed E-state index contributed by atoms with van der Waals surface area (Å²) in [5.41, 5.74) is 1.08. The predicted molar refractivity (Wildman–Crippen MR) is 87.4 cm³/mol. The van der Waals surface area contributed by atoms with E-state index in [4.69, 9.17) is 16.3 Å². The highest BCUT2D eigenvalue weighted by Gasteiger charge is 2.33. The molecule has 0 radical (unpaired) electrons. The van der Waals surface area contributed by atoms with Crippen molar-refractivity contribution in [1.82, 2.24) is 18.5 Å². The first-order valence-electron chi connectivity index (χ1n) is 7.71. The third kappa shape index (κ3) is 4.20. The van der Waals surface area contributed by atoms with Crippen molar-refractivity contribution in [2.24, 2.45) is 0 Å². The van der Waals surface area contributed by atoms with E-state index in [-0.39, 0.29) is 0 Å². The number of nitrogens with zero attached hydrogens (tertiary/aromatic N) is 4. The Labute approximate surface area is 142 Å². The SMILES string of the molecule is O=S(=O)(N1CCOCC1)N1CCN(Cc2ccc(Cl)nc2)CC1. The third-order valence-electron chi connectivity index (χ3n) is 4.15. The van der Waals surface area contributed by atoms with Crippen molar-refractivity contribution in [3.05, 3.63) is 29.0 Å². The van der Waals surface area contributed by atoms with Crippen LogP contribution in [0, 0.1) is 0 Å². The summed E-state index contributed by atoms with van der Waals surface area (Å²) in [6.07, 6.45) is 1.76. The summed E-state index contributed by atoms with van der Waals surface area (Å²) in [6, 6.07) is 3.72. The molecule has 0 bridgehead atoms. The summed E-state index contributed by atoms with van der Waals surface area (Å²) in [6.45, 7) is 5.05. The summed E-state index contributed by atoms with van der Waals surface area (Å²) in [5.74, 6) is 0. The molecule has 3 rings (SSSR count). The Morgan fingerprint density at radius 1 is 1.04 bits per heavy atom. The van der Waals surface area contributed by atoms with Crippen LogP contribution in [0.2, 0.25) is 5.15 Å². The van der Waals surface area contributed by atoms with Gasteiger partial charge in [0.2, 0.25) is 0 Å². The highest BCUT2D eigenvalue weighted by Crippen LogP contribution is 2.15. The molecule has 2 aliphatic heterocycles. The van der Waals surface area contributed by atoms with Gasteiger partial charge in [-0.1, -0.05) is 17.7 Å². The minimum Gasteiger partial charge on any atom is -0.379 e. The predicted octanol–water partition coefficient (Wildman–Crippen LogP) is 0.430. The average molecular weight is 361 g/mol. The molecule has 0 N–H and O–H groups in total. The summed E-state index contributed by atoms with van der Waals surface area (Å²) in [4.78, 5) is 6.31. The standard InChI is InChI=1S/C14H21ClN4O3S/c15-14-2-1-13(11-16-14)12-17-3-5-18(6-4-17)23(20,21)19-7-9-22-10-8-19/h1-2,11H,3-10,12H2. The summed E-state index contributed by atoms with van der Waals surface area (Å²) in [7, 11) is -3.36. The van der Waals surface area contributed by atoms with Gasteiger partial charge in [-0.05, 0) is 11.6 Å². The van der Waals surface area contributed by atoms with Gasteiger partial charge in [-0.15, -0.1) is 0 Å². The normalized spacial score (nSPS) is 22.3. The van der Waals surface area contributed by atoms with E-state index in [0.29, 0.717) is 57.6 Å². The molecule has 2 saturated heterocycles. The average Bonchev–Trinajstić information content (AvgIpc) is 2.58. The van der Waals surface area contributed by atoms with Crippen molar-refractivity contribution < 1.29 is 13.2 Å². The first kappa shape index (κ1) is 17.1. The number of rotatable bonds is 4. The molecule has 0 unspecified atom stereocenters. The molecular weight excluding hydrogens is 340 g/mol. The lowest BCUT2D eigenvalue weighted by Crippen LogP contribution is -2.54. The molecular formula is C14H21ClN4O3S. The van der Waals surface area contributed by atoms with Crippen molar-refractivity contribution in [3.63, 3.8) is 0 Å². The van der Waals surface area contributed by atoms with Crippen LogP contribution in [-0.4, -0.2) is 79.4 Å². The van der Waals surface area contributed by atoms with Crippen molar-refractivity contribution >= 4 is 21.8 Å². The zero-order chi connectivity index (χ0) is 16.3. The first-order chi connectivity index (χ1) is 11.1. The Balaban J connectivity index is 1.54. The van der Waals surface area contributed by atoms with Crippen LogP contribution in [0.25, 0.3) is 0 Å². The van der Waals surface area contributed by atoms with Gasteiger partial charge in [-0.3, -0.25) is 4.90 Å². The zero-order valence-electron chi connectivity index (χ0n) is 12.9. The molecule has 23 heavy (non-hydrogen) atoms. The second kappa shape index (κ2) is 7.42. The van der Waals surface area contributed by atoms with Gasteiger partial charge in [-0.25, -0.2) is 4.98 Å². The number of hydrogen-bond donors (Lipinski definition) is 0. The molecule has 0 aliphatic carbocycles. The molecule has 1 aromatic rings. The van der Waals surface area contributed by atoms with Crippen LogP contribution < -0.4 is 0 Å². The summed E-state index contributed by atoms with van der Waals surface area (Å²) in [5, 5.41) is 0.482. The van der Waals surface area contributed by atoms with Crippen LogP contribution in [0.1, 0.15) is 5.56 Å². The Morgan fingerprint density at radius 2 is 1.70 bits per heavy atom. The van der Waals surface area contributed by atoms with E-state index in [1.165, 1.54) is 4.31 Å². The van der Waals surface area contributed by atoms with E-state index in [0.717, 1.165) is 12.1 Å². The van der Waals surface area contributed by atoms with Gasteiger partial charge in [0.25, 0.3) is 10.2 Å². The van der Waals surface area contributed by atoms with Crippen LogP contribution in [0.4, 0.5) is 0 Å². The number of morpholine rings is 1. The van der Waals surface area contributed by atoms with Gasteiger partial charge in [-0.2, -0.15) is 17.0 Å². The Bertz CT molecular complexity index is 611. The maximum Gasteiger partial charge on any atom is 0.282 e. The van der Waals surface area contributed by atoms with E-state index in [1.807, 2.05) is 6.07 Å². The maximum absolute atomic E-state index is 12.6. The second-order valence-electron chi connectivity index (χ2n) is 5.68. The molecule has 9 heteroatoms. The summed E-state index contributed by atoms with van der Waals surface area (Å²) >= 11 is 5.79. The van der Waals surface area contributed by atoms with Crippen LogP contribution in [-0.2, 0) is 21.5 Å². The topological polar surface area (TPSA) is 66.0 Å². The van der Waals surface area contributed by atoms with Crippen molar-refractivity contribution in [2.75, 3.05) is 52.5 Å². The van der Waals surface area contributed by atoms with Gasteiger partial charge in [0.1, 0.15) is 5.15 Å². The zero-order valence-corrected chi connectivity index (χ0v) is 14.5. The smallest absolute Gasteiger partial charge is 0.282 e. The molecule has 0 aromatic carbocycles.